The number of amides is 2. The van der Waals surface area contributed by atoms with E-state index in [2.05, 4.69) is 5.32 Å². The Bertz CT molecular complexity index is 440. The van der Waals surface area contributed by atoms with Crippen LogP contribution in [0, 0.1) is 0 Å². The van der Waals surface area contributed by atoms with E-state index in [0.717, 1.165) is 24.8 Å². The number of aliphatic hydroxyl groups excluding tert-OH is 1. The molecule has 1 aliphatic heterocycles. The average molecular weight is 219 g/mol. The first-order chi connectivity index (χ1) is 7.72. The lowest BCUT2D eigenvalue weighted by atomic mass is 10.0. The van der Waals surface area contributed by atoms with E-state index in [1.165, 1.54) is 0 Å². The van der Waals surface area contributed by atoms with Gasteiger partial charge in [-0.25, -0.2) is 0 Å². The first-order valence-corrected chi connectivity index (χ1v) is 5.32. The van der Waals surface area contributed by atoms with Crippen LogP contribution in [-0.2, 0) is 6.42 Å². The molecule has 4 heteroatoms. The highest BCUT2D eigenvalue weighted by Gasteiger charge is 2.26. The summed E-state index contributed by atoms with van der Waals surface area (Å²) < 4.78 is 0. The highest BCUT2D eigenvalue weighted by Crippen LogP contribution is 2.18. The van der Waals surface area contributed by atoms with E-state index in [-0.39, 0.29) is 18.4 Å². The second-order valence-electron chi connectivity index (χ2n) is 3.84. The summed E-state index contributed by atoms with van der Waals surface area (Å²) in [6, 6.07) is 5.30. The molecule has 4 nitrogen and oxygen atoms in total. The van der Waals surface area contributed by atoms with Crippen LogP contribution in [0.25, 0.3) is 0 Å². The summed E-state index contributed by atoms with van der Waals surface area (Å²) >= 11 is 0. The zero-order valence-corrected chi connectivity index (χ0v) is 8.82. The summed E-state index contributed by atoms with van der Waals surface area (Å²) in [5.74, 6) is -0.633. The molecule has 16 heavy (non-hydrogen) atoms. The summed E-state index contributed by atoms with van der Waals surface area (Å²) in [7, 11) is 0. The fourth-order valence-corrected chi connectivity index (χ4v) is 1.81. The van der Waals surface area contributed by atoms with E-state index in [4.69, 9.17) is 5.11 Å². The molecule has 0 aliphatic carbocycles. The molecule has 0 bridgehead atoms. The normalized spacial score (nSPS) is 13.8. The van der Waals surface area contributed by atoms with Gasteiger partial charge in [0, 0.05) is 6.61 Å². The van der Waals surface area contributed by atoms with Crippen molar-refractivity contribution in [3.05, 3.63) is 34.9 Å². The molecule has 0 radical (unpaired) electrons. The van der Waals surface area contributed by atoms with Crippen molar-refractivity contribution in [3.63, 3.8) is 0 Å². The van der Waals surface area contributed by atoms with Gasteiger partial charge in [0.1, 0.15) is 0 Å². The van der Waals surface area contributed by atoms with E-state index in [9.17, 15) is 9.59 Å². The Labute approximate surface area is 93.3 Å². The number of hydrogen-bond acceptors (Lipinski definition) is 3. The maximum absolute atomic E-state index is 11.4. The van der Waals surface area contributed by atoms with Crippen molar-refractivity contribution >= 4 is 11.8 Å². The van der Waals surface area contributed by atoms with Crippen molar-refractivity contribution in [1.29, 1.82) is 0 Å². The predicted octanol–water partition coefficient (Wildman–Crippen LogP) is 0.885. The number of rotatable bonds is 4. The molecule has 84 valence electrons. The number of hydrogen-bond donors (Lipinski definition) is 2. The predicted molar refractivity (Wildman–Crippen MR) is 58.3 cm³/mol. The molecule has 1 heterocycles. The molecule has 1 aromatic carbocycles. The minimum atomic E-state index is -0.318. The second-order valence-corrected chi connectivity index (χ2v) is 3.84. The standard InChI is InChI=1S/C12H13NO3/c14-6-2-1-3-8-4-5-9-10(7-8)12(16)13-11(9)15/h4-5,7,14H,1-3,6H2,(H,13,15,16). The van der Waals surface area contributed by atoms with Gasteiger partial charge in [0.25, 0.3) is 11.8 Å². The van der Waals surface area contributed by atoms with Crippen molar-refractivity contribution < 1.29 is 14.7 Å². The Morgan fingerprint density at radius 1 is 1.06 bits per heavy atom. The van der Waals surface area contributed by atoms with Crippen LogP contribution in [0.5, 0.6) is 0 Å². The Kier molecular flexibility index (Phi) is 3.01. The van der Waals surface area contributed by atoms with Crippen LogP contribution in [0.3, 0.4) is 0 Å². The fourth-order valence-electron chi connectivity index (χ4n) is 1.81. The number of nitrogens with one attached hydrogen (secondary N) is 1. The lowest BCUT2D eigenvalue weighted by molar-refractivity contribution is 0.0879. The van der Waals surface area contributed by atoms with E-state index in [1.54, 1.807) is 12.1 Å². The first-order valence-electron chi connectivity index (χ1n) is 5.32. The summed E-state index contributed by atoms with van der Waals surface area (Å²) in [5.41, 5.74) is 1.94. The van der Waals surface area contributed by atoms with Crippen LogP contribution < -0.4 is 5.32 Å². The Balaban J connectivity index is 2.16. The molecule has 0 unspecified atom stereocenters. The van der Waals surface area contributed by atoms with E-state index in [0.29, 0.717) is 11.1 Å². The van der Waals surface area contributed by atoms with Gasteiger partial charge >= 0.3 is 0 Å². The van der Waals surface area contributed by atoms with E-state index >= 15 is 0 Å². The Morgan fingerprint density at radius 3 is 2.56 bits per heavy atom. The molecule has 1 aliphatic rings. The van der Waals surface area contributed by atoms with Gasteiger partial charge in [0.05, 0.1) is 11.1 Å². The maximum atomic E-state index is 11.4. The molecule has 0 saturated carbocycles. The third-order valence-corrected chi connectivity index (χ3v) is 2.67. The molecule has 2 N–H and O–H groups in total. The zero-order chi connectivity index (χ0) is 11.5. The van der Waals surface area contributed by atoms with Gasteiger partial charge in [-0.3, -0.25) is 14.9 Å². The zero-order valence-electron chi connectivity index (χ0n) is 8.82. The fraction of sp³-hybridized carbons (Fsp3) is 0.333. The largest absolute Gasteiger partial charge is 0.396 e. The first kappa shape index (κ1) is 10.8. The summed E-state index contributed by atoms with van der Waals surface area (Å²) in [6.07, 6.45) is 2.45. The van der Waals surface area contributed by atoms with Gasteiger partial charge < -0.3 is 5.11 Å². The molecule has 0 saturated heterocycles. The van der Waals surface area contributed by atoms with Gasteiger partial charge in [0.15, 0.2) is 0 Å². The molecule has 0 spiro atoms. The number of fused-ring (bicyclic) bond motifs is 1. The van der Waals surface area contributed by atoms with Crippen LogP contribution in [-0.4, -0.2) is 23.5 Å². The van der Waals surface area contributed by atoms with Crippen LogP contribution in [0.4, 0.5) is 0 Å². The van der Waals surface area contributed by atoms with Crippen LogP contribution in [0.1, 0.15) is 39.1 Å². The topological polar surface area (TPSA) is 66.4 Å². The monoisotopic (exact) mass is 219 g/mol. The van der Waals surface area contributed by atoms with Crippen LogP contribution in [0.2, 0.25) is 0 Å². The molecule has 2 amide bonds. The average Bonchev–Trinajstić information content (AvgIpc) is 2.55. The SMILES string of the molecule is O=C1NC(=O)c2cc(CCCCO)ccc21. The number of aliphatic hydroxyl groups is 1. The highest BCUT2D eigenvalue weighted by atomic mass is 16.3. The van der Waals surface area contributed by atoms with E-state index < -0.39 is 0 Å². The van der Waals surface area contributed by atoms with E-state index in [1.807, 2.05) is 6.07 Å². The quantitative estimate of drug-likeness (QED) is 0.583. The Morgan fingerprint density at radius 2 is 1.81 bits per heavy atom. The number of aryl methyl sites for hydroxylation is 1. The third-order valence-electron chi connectivity index (χ3n) is 2.67. The van der Waals surface area contributed by atoms with Crippen molar-refractivity contribution in [2.24, 2.45) is 0 Å². The molecular formula is C12H13NO3. The number of unbranched alkanes of at least 4 members (excludes halogenated alkanes) is 1. The summed E-state index contributed by atoms with van der Waals surface area (Å²) in [5, 5.41) is 10.9. The van der Waals surface area contributed by atoms with Crippen molar-refractivity contribution in [2.45, 2.75) is 19.3 Å². The molecular weight excluding hydrogens is 206 g/mol. The minimum absolute atomic E-state index is 0.184. The number of carbonyl (C=O) groups excluding carboxylic acids is 2. The number of imide groups is 1. The van der Waals surface area contributed by atoms with Crippen molar-refractivity contribution in [2.75, 3.05) is 6.61 Å². The van der Waals surface area contributed by atoms with Crippen molar-refractivity contribution in [1.82, 2.24) is 5.32 Å². The summed E-state index contributed by atoms with van der Waals surface area (Å²) in [4.78, 5) is 22.7. The molecule has 0 fully saturated rings. The Hall–Kier alpha value is -1.68. The van der Waals surface area contributed by atoms with Gasteiger partial charge in [-0.05, 0) is 37.0 Å². The maximum Gasteiger partial charge on any atom is 0.258 e. The van der Waals surface area contributed by atoms with Gasteiger partial charge in [-0.1, -0.05) is 6.07 Å². The minimum Gasteiger partial charge on any atom is -0.396 e. The third kappa shape index (κ3) is 1.97. The van der Waals surface area contributed by atoms with Crippen LogP contribution in [0.15, 0.2) is 18.2 Å². The smallest absolute Gasteiger partial charge is 0.258 e. The lowest BCUT2D eigenvalue weighted by Crippen LogP contribution is -2.19. The lowest BCUT2D eigenvalue weighted by Gasteiger charge is -2.01. The molecule has 1 aromatic rings. The number of benzene rings is 1. The van der Waals surface area contributed by atoms with Gasteiger partial charge in [-0.2, -0.15) is 0 Å². The van der Waals surface area contributed by atoms with Gasteiger partial charge in [0.2, 0.25) is 0 Å². The van der Waals surface area contributed by atoms with Crippen molar-refractivity contribution in [3.8, 4) is 0 Å². The summed E-state index contributed by atoms with van der Waals surface area (Å²) in [6.45, 7) is 0.184. The second kappa shape index (κ2) is 4.45. The van der Waals surface area contributed by atoms with Gasteiger partial charge in [-0.15, -0.1) is 0 Å². The molecule has 0 atom stereocenters. The van der Waals surface area contributed by atoms with Crippen LogP contribution >= 0.6 is 0 Å². The highest BCUT2D eigenvalue weighted by molar-refractivity contribution is 6.21. The molecule has 0 aromatic heterocycles. The molecule has 2 rings (SSSR count). The number of carbonyl (C=O) groups is 2.